The van der Waals surface area contributed by atoms with E-state index in [9.17, 15) is 15.4 Å². The van der Waals surface area contributed by atoms with E-state index in [-0.39, 0.29) is 5.69 Å². The highest BCUT2D eigenvalue weighted by Gasteiger charge is 2.40. The molecule has 2 aromatic rings. The molecule has 25 heavy (non-hydrogen) atoms. The maximum absolute atomic E-state index is 11.0. The summed E-state index contributed by atoms with van der Waals surface area (Å²) in [4.78, 5) is 17.2. The number of nitrogens with zero attached hydrogens (tertiary/aromatic N) is 4. The number of hydrogen-bond donors (Lipinski definition) is 0. The fraction of sp³-hybridized carbons (Fsp3) is 0.412. The molecule has 0 bridgehead atoms. The normalized spacial score (nSPS) is 19.2. The maximum atomic E-state index is 11.0. The lowest BCUT2D eigenvalue weighted by atomic mass is 10.0. The molecule has 2 aliphatic rings. The van der Waals surface area contributed by atoms with Crippen molar-refractivity contribution < 1.29 is 14.4 Å². The Labute approximate surface area is 143 Å². The first-order valence-corrected chi connectivity index (χ1v) is 8.12. The van der Waals surface area contributed by atoms with E-state index < -0.39 is 10.7 Å². The molecule has 1 aromatic heterocycles. The van der Waals surface area contributed by atoms with Crippen LogP contribution in [-0.2, 0) is 9.47 Å². The van der Waals surface area contributed by atoms with Crippen LogP contribution >= 0.6 is 0 Å². The van der Waals surface area contributed by atoms with Gasteiger partial charge in [-0.2, -0.15) is 5.26 Å². The van der Waals surface area contributed by atoms with Crippen molar-refractivity contribution in [1.82, 2.24) is 4.98 Å². The summed E-state index contributed by atoms with van der Waals surface area (Å²) in [7, 11) is 0. The summed E-state index contributed by atoms with van der Waals surface area (Å²) in [6, 6.07) is 8.22. The summed E-state index contributed by atoms with van der Waals surface area (Å²) in [6.45, 7) is 2.70. The molecule has 0 unspecified atom stereocenters. The summed E-state index contributed by atoms with van der Waals surface area (Å²) in [5.74, 6) is 0.234. The number of ether oxygens (including phenoxy) is 2. The van der Waals surface area contributed by atoms with Crippen LogP contribution in [0.15, 0.2) is 24.3 Å². The van der Waals surface area contributed by atoms with Crippen molar-refractivity contribution in [1.29, 1.82) is 5.26 Å². The van der Waals surface area contributed by atoms with Gasteiger partial charge in [0, 0.05) is 43.5 Å². The van der Waals surface area contributed by atoms with Crippen LogP contribution in [-0.4, -0.2) is 42.0 Å². The second-order valence-electron chi connectivity index (χ2n) is 6.19. The van der Waals surface area contributed by atoms with Crippen molar-refractivity contribution >= 4 is 22.4 Å². The van der Waals surface area contributed by atoms with E-state index in [1.54, 1.807) is 12.1 Å². The predicted octanol–water partition coefficient (Wildman–Crippen LogP) is 2.36. The lowest BCUT2D eigenvalue weighted by Gasteiger charge is -2.38. The second kappa shape index (κ2) is 5.95. The molecule has 3 heterocycles. The molecule has 0 amide bonds. The Morgan fingerprint density at radius 1 is 1.24 bits per heavy atom. The summed E-state index contributed by atoms with van der Waals surface area (Å²) < 4.78 is 11.5. The zero-order valence-corrected chi connectivity index (χ0v) is 13.5. The van der Waals surface area contributed by atoms with Gasteiger partial charge in [-0.05, 0) is 12.1 Å². The SMILES string of the molecule is N#Cc1cc(N2CCC3(CC2)OCCO3)nc2ccc([N+](=O)[O-])cc12. The van der Waals surface area contributed by atoms with Gasteiger partial charge in [-0.1, -0.05) is 0 Å². The molecule has 2 fully saturated rings. The molecule has 0 aliphatic carbocycles. The number of nitro groups is 1. The Hall–Kier alpha value is -2.76. The van der Waals surface area contributed by atoms with Gasteiger partial charge in [-0.15, -0.1) is 0 Å². The van der Waals surface area contributed by atoms with Crippen LogP contribution in [0.1, 0.15) is 18.4 Å². The van der Waals surface area contributed by atoms with Crippen LogP contribution in [0, 0.1) is 21.4 Å². The third-order valence-corrected chi connectivity index (χ3v) is 4.77. The van der Waals surface area contributed by atoms with E-state index in [0.29, 0.717) is 35.5 Å². The summed E-state index contributed by atoms with van der Waals surface area (Å²) in [6.07, 6.45) is 1.49. The number of nitro benzene ring substituents is 1. The number of rotatable bonds is 2. The number of hydrogen-bond acceptors (Lipinski definition) is 7. The van der Waals surface area contributed by atoms with E-state index in [1.807, 2.05) is 0 Å². The van der Waals surface area contributed by atoms with Gasteiger partial charge in [0.1, 0.15) is 5.82 Å². The standard InChI is InChI=1S/C17H16N4O4/c18-11-12-9-16(19-15-2-1-13(21(22)23)10-14(12)15)20-5-3-17(4-6-20)24-7-8-25-17/h1-2,9-10H,3-8H2. The molecule has 128 valence electrons. The Morgan fingerprint density at radius 2 is 1.96 bits per heavy atom. The third kappa shape index (κ3) is 2.77. The molecule has 0 saturated carbocycles. The molecule has 1 aromatic carbocycles. The quantitative estimate of drug-likeness (QED) is 0.611. The monoisotopic (exact) mass is 340 g/mol. The summed E-state index contributed by atoms with van der Waals surface area (Å²) in [5, 5.41) is 20.9. The number of pyridine rings is 1. The number of piperidine rings is 1. The van der Waals surface area contributed by atoms with Crippen LogP contribution in [0.3, 0.4) is 0 Å². The van der Waals surface area contributed by atoms with Gasteiger partial charge in [0.15, 0.2) is 5.79 Å². The summed E-state index contributed by atoms with van der Waals surface area (Å²) in [5.41, 5.74) is 0.916. The van der Waals surface area contributed by atoms with Gasteiger partial charge in [0.2, 0.25) is 0 Å². The van der Waals surface area contributed by atoms with E-state index in [4.69, 9.17) is 9.47 Å². The van der Waals surface area contributed by atoms with Crippen molar-refractivity contribution in [2.24, 2.45) is 0 Å². The van der Waals surface area contributed by atoms with E-state index in [0.717, 1.165) is 25.9 Å². The van der Waals surface area contributed by atoms with Crippen molar-refractivity contribution in [3.05, 3.63) is 39.9 Å². The number of non-ortho nitro benzene ring substituents is 1. The van der Waals surface area contributed by atoms with Crippen molar-refractivity contribution in [2.45, 2.75) is 18.6 Å². The molecule has 0 N–H and O–H groups in total. The zero-order valence-electron chi connectivity index (χ0n) is 13.5. The van der Waals surface area contributed by atoms with Crippen LogP contribution in [0.4, 0.5) is 11.5 Å². The van der Waals surface area contributed by atoms with Gasteiger partial charge >= 0.3 is 0 Å². The van der Waals surface area contributed by atoms with E-state index in [1.165, 1.54) is 12.1 Å². The number of aromatic nitrogens is 1. The molecule has 1 spiro atoms. The highest BCUT2D eigenvalue weighted by Crippen LogP contribution is 2.34. The highest BCUT2D eigenvalue weighted by molar-refractivity contribution is 5.88. The fourth-order valence-corrected chi connectivity index (χ4v) is 3.43. The maximum Gasteiger partial charge on any atom is 0.270 e. The van der Waals surface area contributed by atoms with Gasteiger partial charge in [-0.25, -0.2) is 4.98 Å². The summed E-state index contributed by atoms with van der Waals surface area (Å²) >= 11 is 0. The Bertz CT molecular complexity index is 876. The number of nitriles is 1. The molecule has 8 heteroatoms. The molecular formula is C17H16N4O4. The van der Waals surface area contributed by atoms with E-state index in [2.05, 4.69) is 16.0 Å². The van der Waals surface area contributed by atoms with Crippen molar-refractivity contribution in [3.8, 4) is 6.07 Å². The van der Waals surface area contributed by atoms with Gasteiger partial charge in [-0.3, -0.25) is 10.1 Å². The second-order valence-corrected chi connectivity index (χ2v) is 6.19. The Kier molecular flexibility index (Phi) is 3.75. The fourth-order valence-electron chi connectivity index (χ4n) is 3.43. The topological polar surface area (TPSA) is 102 Å². The lowest BCUT2D eigenvalue weighted by molar-refractivity contribution is -0.384. The highest BCUT2D eigenvalue weighted by atomic mass is 16.7. The molecule has 8 nitrogen and oxygen atoms in total. The van der Waals surface area contributed by atoms with Gasteiger partial charge in [0.05, 0.1) is 35.3 Å². The smallest absolute Gasteiger partial charge is 0.270 e. The average molecular weight is 340 g/mol. The lowest BCUT2D eigenvalue weighted by Crippen LogP contribution is -2.45. The minimum atomic E-state index is -0.472. The molecule has 2 saturated heterocycles. The van der Waals surface area contributed by atoms with Crippen molar-refractivity contribution in [3.63, 3.8) is 0 Å². The van der Waals surface area contributed by atoms with Crippen LogP contribution in [0.5, 0.6) is 0 Å². The number of benzene rings is 1. The predicted molar refractivity (Wildman–Crippen MR) is 89.2 cm³/mol. The van der Waals surface area contributed by atoms with Crippen LogP contribution in [0.25, 0.3) is 10.9 Å². The molecule has 0 atom stereocenters. The van der Waals surface area contributed by atoms with E-state index >= 15 is 0 Å². The van der Waals surface area contributed by atoms with Gasteiger partial charge < -0.3 is 14.4 Å². The Morgan fingerprint density at radius 3 is 2.60 bits per heavy atom. The zero-order chi connectivity index (χ0) is 17.4. The molecule has 4 rings (SSSR count). The molecule has 2 aliphatic heterocycles. The Balaban J connectivity index is 1.66. The number of fused-ring (bicyclic) bond motifs is 1. The third-order valence-electron chi connectivity index (χ3n) is 4.77. The first-order valence-electron chi connectivity index (χ1n) is 8.12. The largest absolute Gasteiger partial charge is 0.356 e. The number of anilines is 1. The van der Waals surface area contributed by atoms with Crippen LogP contribution < -0.4 is 4.90 Å². The average Bonchev–Trinajstić information content (AvgIpc) is 3.09. The van der Waals surface area contributed by atoms with Crippen LogP contribution in [0.2, 0.25) is 0 Å². The first-order chi connectivity index (χ1) is 12.1. The van der Waals surface area contributed by atoms with Gasteiger partial charge in [0.25, 0.3) is 5.69 Å². The van der Waals surface area contributed by atoms with Crippen molar-refractivity contribution in [2.75, 3.05) is 31.2 Å². The minimum Gasteiger partial charge on any atom is -0.356 e. The first kappa shape index (κ1) is 15.7. The minimum absolute atomic E-state index is 0.0472. The molecule has 0 radical (unpaired) electrons. The molecular weight excluding hydrogens is 324 g/mol.